The number of rotatable bonds is 3. The number of hydrogen-bond donors (Lipinski definition) is 1. The molecule has 3 rings (SSSR count). The lowest BCUT2D eigenvalue weighted by Gasteiger charge is -2.39. The van der Waals surface area contributed by atoms with Crippen LogP contribution in [-0.4, -0.2) is 41.2 Å². The van der Waals surface area contributed by atoms with Gasteiger partial charge in [0, 0.05) is 25.1 Å². The van der Waals surface area contributed by atoms with E-state index in [0.29, 0.717) is 6.54 Å². The smallest absolute Gasteiger partial charge is 0.317 e. The molecule has 2 aliphatic rings. The van der Waals surface area contributed by atoms with Gasteiger partial charge in [0.05, 0.1) is 23.4 Å². The first-order chi connectivity index (χ1) is 10.2. The maximum absolute atomic E-state index is 12.3. The summed E-state index contributed by atoms with van der Waals surface area (Å²) in [6, 6.07) is 0.227. The fraction of sp³-hybridized carbons (Fsp3) is 0.733. The number of aromatic nitrogens is 1. The van der Waals surface area contributed by atoms with Gasteiger partial charge < -0.3 is 15.0 Å². The van der Waals surface area contributed by atoms with Gasteiger partial charge in [-0.15, -0.1) is 11.3 Å². The normalized spacial score (nSPS) is 24.1. The summed E-state index contributed by atoms with van der Waals surface area (Å²) in [5.74, 6) is 0. The molecule has 1 aromatic rings. The SMILES string of the molecule is CN(Cc1cscn1)C(=O)NC1CCOC2(CCCC2)C1. The Bertz CT molecular complexity index is 471. The Morgan fingerprint density at radius 3 is 3.10 bits per heavy atom. The Morgan fingerprint density at radius 2 is 2.38 bits per heavy atom. The first-order valence-corrected chi connectivity index (χ1v) is 8.64. The van der Waals surface area contributed by atoms with E-state index in [4.69, 9.17) is 4.74 Å². The van der Waals surface area contributed by atoms with Crippen LogP contribution >= 0.6 is 11.3 Å². The molecule has 2 heterocycles. The number of urea groups is 1. The van der Waals surface area contributed by atoms with Crippen LogP contribution in [0.15, 0.2) is 10.9 Å². The number of hydrogen-bond acceptors (Lipinski definition) is 4. The Morgan fingerprint density at radius 1 is 1.57 bits per heavy atom. The third kappa shape index (κ3) is 3.55. The summed E-state index contributed by atoms with van der Waals surface area (Å²) >= 11 is 1.56. The van der Waals surface area contributed by atoms with Crippen LogP contribution in [0.2, 0.25) is 0 Å². The summed E-state index contributed by atoms with van der Waals surface area (Å²) < 4.78 is 6.01. The molecule has 1 unspecified atom stereocenters. The molecule has 0 aromatic carbocycles. The monoisotopic (exact) mass is 309 g/mol. The van der Waals surface area contributed by atoms with Crippen molar-refractivity contribution < 1.29 is 9.53 Å². The van der Waals surface area contributed by atoms with E-state index in [1.807, 2.05) is 12.4 Å². The highest BCUT2D eigenvalue weighted by Gasteiger charge is 2.40. The second-order valence-electron chi connectivity index (χ2n) is 6.21. The van der Waals surface area contributed by atoms with Gasteiger partial charge in [0.15, 0.2) is 0 Å². The second-order valence-corrected chi connectivity index (χ2v) is 6.93. The van der Waals surface area contributed by atoms with Crippen LogP contribution in [0, 0.1) is 0 Å². The number of nitrogens with one attached hydrogen (secondary N) is 1. The third-order valence-electron chi connectivity index (χ3n) is 4.56. The number of amides is 2. The number of carbonyl (C=O) groups excluding carboxylic acids is 1. The van der Waals surface area contributed by atoms with Gasteiger partial charge in [-0.05, 0) is 25.7 Å². The maximum atomic E-state index is 12.3. The minimum Gasteiger partial charge on any atom is -0.375 e. The fourth-order valence-corrected chi connectivity index (χ4v) is 3.98. The molecule has 2 amide bonds. The van der Waals surface area contributed by atoms with Crippen LogP contribution < -0.4 is 5.32 Å². The minimum atomic E-state index is -0.0111. The lowest BCUT2D eigenvalue weighted by atomic mass is 9.89. The lowest BCUT2D eigenvalue weighted by Crippen LogP contribution is -2.50. The predicted octanol–water partition coefficient (Wildman–Crippen LogP) is 2.78. The number of thiazole rings is 1. The van der Waals surface area contributed by atoms with Crippen LogP contribution in [0.3, 0.4) is 0 Å². The van der Waals surface area contributed by atoms with Gasteiger partial charge in [0.2, 0.25) is 0 Å². The zero-order valence-electron chi connectivity index (χ0n) is 12.5. The van der Waals surface area contributed by atoms with E-state index in [9.17, 15) is 4.79 Å². The Labute approximate surface area is 129 Å². The molecule has 1 aliphatic carbocycles. The summed E-state index contributed by atoms with van der Waals surface area (Å²) in [7, 11) is 1.82. The molecule has 1 atom stereocenters. The van der Waals surface area contributed by atoms with Crippen molar-refractivity contribution in [2.75, 3.05) is 13.7 Å². The number of carbonyl (C=O) groups is 1. The highest BCUT2D eigenvalue weighted by molar-refractivity contribution is 7.07. The highest BCUT2D eigenvalue weighted by atomic mass is 32.1. The van der Waals surface area contributed by atoms with Crippen molar-refractivity contribution in [3.8, 4) is 0 Å². The topological polar surface area (TPSA) is 54.5 Å². The molecule has 1 saturated heterocycles. The van der Waals surface area contributed by atoms with Crippen molar-refractivity contribution in [1.29, 1.82) is 0 Å². The Hall–Kier alpha value is -1.14. The first kappa shape index (κ1) is 14.8. The van der Waals surface area contributed by atoms with Crippen molar-refractivity contribution >= 4 is 17.4 Å². The summed E-state index contributed by atoms with van der Waals surface area (Å²) in [5, 5.41) is 5.14. The van der Waals surface area contributed by atoms with Crippen molar-refractivity contribution in [3.05, 3.63) is 16.6 Å². The predicted molar refractivity (Wildman–Crippen MR) is 82.3 cm³/mol. The van der Waals surface area contributed by atoms with Crippen molar-refractivity contribution in [2.24, 2.45) is 0 Å². The van der Waals surface area contributed by atoms with Crippen LogP contribution in [0.5, 0.6) is 0 Å². The standard InChI is InChI=1S/C15H23N3O2S/c1-18(9-13-10-21-11-16-13)14(19)17-12-4-7-20-15(8-12)5-2-3-6-15/h10-12H,2-9H2,1H3,(H,17,19). The highest BCUT2D eigenvalue weighted by Crippen LogP contribution is 2.39. The summed E-state index contributed by atoms with van der Waals surface area (Å²) in [4.78, 5) is 18.2. The number of nitrogens with zero attached hydrogens (tertiary/aromatic N) is 2. The van der Waals surface area contributed by atoms with Crippen molar-refractivity contribution in [2.45, 2.75) is 56.7 Å². The lowest BCUT2D eigenvalue weighted by molar-refractivity contribution is -0.0823. The van der Waals surface area contributed by atoms with Gasteiger partial charge in [0.25, 0.3) is 0 Å². The molecule has 0 bridgehead atoms. The maximum Gasteiger partial charge on any atom is 0.317 e. The van der Waals surface area contributed by atoms with Crippen LogP contribution in [-0.2, 0) is 11.3 Å². The molecule has 5 nitrogen and oxygen atoms in total. The molecule has 21 heavy (non-hydrogen) atoms. The first-order valence-electron chi connectivity index (χ1n) is 7.70. The van der Waals surface area contributed by atoms with Gasteiger partial charge >= 0.3 is 6.03 Å². The molecule has 1 saturated carbocycles. The van der Waals surface area contributed by atoms with E-state index in [2.05, 4.69) is 10.3 Å². The van der Waals surface area contributed by atoms with Gasteiger partial charge in [-0.1, -0.05) is 12.8 Å². The zero-order valence-corrected chi connectivity index (χ0v) is 13.3. The average Bonchev–Trinajstić information content (AvgIpc) is 3.11. The van der Waals surface area contributed by atoms with Crippen LogP contribution in [0.1, 0.15) is 44.2 Å². The molecule has 116 valence electrons. The van der Waals surface area contributed by atoms with E-state index >= 15 is 0 Å². The van der Waals surface area contributed by atoms with Crippen LogP contribution in [0.25, 0.3) is 0 Å². The Kier molecular flexibility index (Phi) is 4.45. The summed E-state index contributed by atoms with van der Waals surface area (Å²) in [5.41, 5.74) is 2.78. The fourth-order valence-electron chi connectivity index (χ4n) is 3.43. The van der Waals surface area contributed by atoms with Gasteiger partial charge in [0.1, 0.15) is 0 Å². The molecule has 6 heteroatoms. The average molecular weight is 309 g/mol. The Balaban J connectivity index is 1.52. The van der Waals surface area contributed by atoms with Crippen LogP contribution in [0.4, 0.5) is 4.79 Å². The molecular weight excluding hydrogens is 286 g/mol. The molecule has 1 aliphatic heterocycles. The largest absolute Gasteiger partial charge is 0.375 e. The summed E-state index contributed by atoms with van der Waals surface area (Å²) in [6.45, 7) is 1.32. The second kappa shape index (κ2) is 6.32. The van der Waals surface area contributed by atoms with E-state index in [1.165, 1.54) is 12.8 Å². The molecule has 1 N–H and O–H groups in total. The van der Waals surface area contributed by atoms with Gasteiger partial charge in [-0.2, -0.15) is 0 Å². The van der Waals surface area contributed by atoms with Gasteiger partial charge in [-0.25, -0.2) is 9.78 Å². The third-order valence-corrected chi connectivity index (χ3v) is 5.20. The van der Waals surface area contributed by atoms with E-state index < -0.39 is 0 Å². The minimum absolute atomic E-state index is 0.0111. The van der Waals surface area contributed by atoms with E-state index in [0.717, 1.165) is 38.0 Å². The quantitative estimate of drug-likeness (QED) is 0.934. The van der Waals surface area contributed by atoms with E-state index in [-0.39, 0.29) is 17.7 Å². The summed E-state index contributed by atoms with van der Waals surface area (Å²) in [6.07, 6.45) is 6.68. The molecule has 0 radical (unpaired) electrons. The molecule has 1 aromatic heterocycles. The zero-order chi connectivity index (χ0) is 14.7. The number of ether oxygens (including phenoxy) is 1. The molecule has 1 spiro atoms. The van der Waals surface area contributed by atoms with Crippen molar-refractivity contribution in [3.63, 3.8) is 0 Å². The van der Waals surface area contributed by atoms with E-state index in [1.54, 1.807) is 21.7 Å². The molecule has 2 fully saturated rings. The van der Waals surface area contributed by atoms with Gasteiger partial charge in [-0.3, -0.25) is 0 Å². The molecular formula is C15H23N3O2S. The van der Waals surface area contributed by atoms with Crippen molar-refractivity contribution in [1.82, 2.24) is 15.2 Å².